The molecule has 0 fully saturated rings. The van der Waals surface area contributed by atoms with Gasteiger partial charge in [0.25, 0.3) is 0 Å². The maximum Gasteiger partial charge on any atom is 0.154 e. The summed E-state index contributed by atoms with van der Waals surface area (Å²) in [7, 11) is 0. The molecule has 2 N–H and O–H groups in total. The van der Waals surface area contributed by atoms with E-state index in [0.29, 0.717) is 0 Å². The molecule has 0 saturated heterocycles. The molecule has 0 bridgehead atoms. The highest BCUT2D eigenvalue weighted by Gasteiger charge is 2.20. The first-order chi connectivity index (χ1) is 7.36. The summed E-state index contributed by atoms with van der Waals surface area (Å²) in [4.78, 5) is 0. The van der Waals surface area contributed by atoms with Crippen molar-refractivity contribution in [1.82, 2.24) is 14.8 Å². The van der Waals surface area contributed by atoms with Crippen LogP contribution in [-0.4, -0.2) is 14.8 Å². The molecule has 0 amide bonds. The standard InChI is InChI=1S/C11H12N4/c12-9-6-5-8-3-1-2-4-10(8)15-7-13-14-11(9)15/h1-4,7,9H,5-6,12H2/t9-/m1/s1. The Bertz CT molecular complexity index is 489. The predicted octanol–water partition coefficient (Wildman–Crippen LogP) is 1.21. The Balaban J connectivity index is 2.26. The van der Waals surface area contributed by atoms with Gasteiger partial charge in [0.05, 0.1) is 11.7 Å². The number of hydrogen-bond donors (Lipinski definition) is 1. The van der Waals surface area contributed by atoms with Crippen LogP contribution in [-0.2, 0) is 6.42 Å². The fraction of sp³-hybridized carbons (Fsp3) is 0.273. The van der Waals surface area contributed by atoms with Crippen LogP contribution in [0.25, 0.3) is 5.69 Å². The quantitative estimate of drug-likeness (QED) is 0.695. The lowest BCUT2D eigenvalue weighted by molar-refractivity contribution is 0.617. The summed E-state index contributed by atoms with van der Waals surface area (Å²) < 4.78 is 1.99. The monoisotopic (exact) mass is 200 g/mol. The van der Waals surface area contributed by atoms with Crippen LogP contribution in [0.5, 0.6) is 0 Å². The van der Waals surface area contributed by atoms with Gasteiger partial charge in [-0.05, 0) is 24.5 Å². The average Bonchev–Trinajstić information content (AvgIpc) is 2.71. The van der Waals surface area contributed by atoms with Crippen molar-refractivity contribution in [2.24, 2.45) is 5.73 Å². The molecule has 0 unspecified atom stereocenters. The van der Waals surface area contributed by atoms with Crippen molar-refractivity contribution in [3.05, 3.63) is 42.0 Å². The SMILES string of the molecule is N[C@@H]1CCc2ccccc2-n2cnnc21. The Morgan fingerprint density at radius 3 is 3.13 bits per heavy atom. The lowest BCUT2D eigenvalue weighted by Crippen LogP contribution is -2.13. The lowest BCUT2D eigenvalue weighted by Gasteiger charge is -2.07. The first kappa shape index (κ1) is 8.61. The molecule has 4 nitrogen and oxygen atoms in total. The van der Waals surface area contributed by atoms with Gasteiger partial charge in [0, 0.05) is 0 Å². The van der Waals surface area contributed by atoms with Crippen LogP contribution in [0.3, 0.4) is 0 Å². The number of aryl methyl sites for hydroxylation is 1. The summed E-state index contributed by atoms with van der Waals surface area (Å²) in [6.07, 6.45) is 3.66. The van der Waals surface area contributed by atoms with Gasteiger partial charge >= 0.3 is 0 Å². The smallest absolute Gasteiger partial charge is 0.154 e. The van der Waals surface area contributed by atoms with Gasteiger partial charge in [-0.3, -0.25) is 4.57 Å². The van der Waals surface area contributed by atoms with Gasteiger partial charge < -0.3 is 5.73 Å². The van der Waals surface area contributed by atoms with E-state index in [1.54, 1.807) is 6.33 Å². The van der Waals surface area contributed by atoms with Crippen molar-refractivity contribution in [3.63, 3.8) is 0 Å². The summed E-state index contributed by atoms with van der Waals surface area (Å²) in [6.45, 7) is 0. The zero-order valence-electron chi connectivity index (χ0n) is 8.30. The van der Waals surface area contributed by atoms with Gasteiger partial charge in [-0.1, -0.05) is 18.2 Å². The summed E-state index contributed by atoms with van der Waals surface area (Å²) in [5.74, 6) is 0.861. The van der Waals surface area contributed by atoms with Crippen LogP contribution in [0.1, 0.15) is 23.9 Å². The van der Waals surface area contributed by atoms with Crippen molar-refractivity contribution in [3.8, 4) is 5.69 Å². The summed E-state index contributed by atoms with van der Waals surface area (Å²) >= 11 is 0. The van der Waals surface area contributed by atoms with Gasteiger partial charge in [-0.15, -0.1) is 10.2 Å². The highest BCUT2D eigenvalue weighted by molar-refractivity contribution is 5.43. The molecule has 2 aromatic rings. The van der Waals surface area contributed by atoms with E-state index in [0.717, 1.165) is 24.4 Å². The molecule has 3 rings (SSSR count). The fourth-order valence-electron chi connectivity index (χ4n) is 2.08. The van der Waals surface area contributed by atoms with Crippen LogP contribution in [0.15, 0.2) is 30.6 Å². The maximum atomic E-state index is 6.05. The van der Waals surface area contributed by atoms with Gasteiger partial charge in [0.1, 0.15) is 6.33 Å². The van der Waals surface area contributed by atoms with Gasteiger partial charge in [-0.2, -0.15) is 0 Å². The molecule has 1 aromatic carbocycles. The number of para-hydroxylation sites is 1. The van der Waals surface area contributed by atoms with Crippen LogP contribution in [0.4, 0.5) is 0 Å². The number of hydrogen-bond acceptors (Lipinski definition) is 3. The molecule has 0 radical (unpaired) electrons. The largest absolute Gasteiger partial charge is 0.321 e. The zero-order chi connectivity index (χ0) is 10.3. The molecule has 1 aliphatic rings. The third-order valence-electron chi connectivity index (χ3n) is 2.88. The molecular formula is C11H12N4. The second-order valence-electron chi connectivity index (χ2n) is 3.83. The van der Waals surface area contributed by atoms with Crippen LogP contribution < -0.4 is 5.73 Å². The first-order valence-corrected chi connectivity index (χ1v) is 5.10. The zero-order valence-corrected chi connectivity index (χ0v) is 8.30. The summed E-state index contributed by atoms with van der Waals surface area (Å²) in [6, 6.07) is 8.29. The van der Waals surface area contributed by atoms with Gasteiger partial charge in [0.15, 0.2) is 5.82 Å². The van der Waals surface area contributed by atoms with E-state index < -0.39 is 0 Å². The minimum absolute atomic E-state index is 0.0140. The molecule has 1 aromatic heterocycles. The van der Waals surface area contributed by atoms with Crippen molar-refractivity contribution < 1.29 is 0 Å². The van der Waals surface area contributed by atoms with Crippen LogP contribution >= 0.6 is 0 Å². The normalized spacial score (nSPS) is 19.1. The van der Waals surface area contributed by atoms with Crippen molar-refractivity contribution in [2.75, 3.05) is 0 Å². The highest BCUT2D eigenvalue weighted by atomic mass is 15.3. The molecule has 2 heterocycles. The van der Waals surface area contributed by atoms with Crippen molar-refractivity contribution in [1.29, 1.82) is 0 Å². The molecule has 1 atom stereocenters. The second kappa shape index (κ2) is 3.17. The fourth-order valence-corrected chi connectivity index (χ4v) is 2.08. The Kier molecular flexibility index (Phi) is 1.82. The molecule has 0 saturated carbocycles. The molecule has 4 heteroatoms. The molecule has 15 heavy (non-hydrogen) atoms. The molecule has 1 aliphatic heterocycles. The van der Waals surface area contributed by atoms with Crippen molar-refractivity contribution >= 4 is 0 Å². The van der Waals surface area contributed by atoms with E-state index in [1.165, 1.54) is 5.56 Å². The van der Waals surface area contributed by atoms with E-state index in [2.05, 4.69) is 28.4 Å². The van der Waals surface area contributed by atoms with E-state index in [4.69, 9.17) is 5.73 Å². The minimum Gasteiger partial charge on any atom is -0.321 e. The number of aromatic nitrogens is 3. The summed E-state index contributed by atoms with van der Waals surface area (Å²) in [5, 5.41) is 8.01. The Morgan fingerprint density at radius 2 is 2.20 bits per heavy atom. The Hall–Kier alpha value is -1.68. The number of benzene rings is 1. The van der Waals surface area contributed by atoms with E-state index >= 15 is 0 Å². The highest BCUT2D eigenvalue weighted by Crippen LogP contribution is 2.26. The number of nitrogens with zero attached hydrogens (tertiary/aromatic N) is 3. The first-order valence-electron chi connectivity index (χ1n) is 5.10. The topological polar surface area (TPSA) is 56.7 Å². The predicted molar refractivity (Wildman–Crippen MR) is 56.6 cm³/mol. The number of rotatable bonds is 0. The van der Waals surface area contributed by atoms with E-state index in [-0.39, 0.29) is 6.04 Å². The van der Waals surface area contributed by atoms with Crippen LogP contribution in [0, 0.1) is 0 Å². The Labute approximate surface area is 87.7 Å². The molecule has 0 spiro atoms. The second-order valence-corrected chi connectivity index (χ2v) is 3.83. The van der Waals surface area contributed by atoms with Gasteiger partial charge in [0.2, 0.25) is 0 Å². The lowest BCUT2D eigenvalue weighted by atomic mass is 10.1. The average molecular weight is 200 g/mol. The van der Waals surface area contributed by atoms with E-state index in [1.807, 2.05) is 10.6 Å². The van der Waals surface area contributed by atoms with E-state index in [9.17, 15) is 0 Å². The van der Waals surface area contributed by atoms with Crippen LogP contribution in [0.2, 0.25) is 0 Å². The number of fused-ring (bicyclic) bond motifs is 3. The minimum atomic E-state index is -0.0140. The summed E-state index contributed by atoms with van der Waals surface area (Å²) in [5.41, 5.74) is 8.52. The number of nitrogens with two attached hydrogens (primary N) is 1. The molecule has 0 aliphatic carbocycles. The molecular weight excluding hydrogens is 188 g/mol. The Morgan fingerprint density at radius 1 is 1.33 bits per heavy atom. The molecule has 76 valence electrons. The third-order valence-corrected chi connectivity index (χ3v) is 2.88. The third kappa shape index (κ3) is 1.26. The maximum absolute atomic E-state index is 6.05. The van der Waals surface area contributed by atoms with Crippen molar-refractivity contribution in [2.45, 2.75) is 18.9 Å². The van der Waals surface area contributed by atoms with Gasteiger partial charge in [-0.25, -0.2) is 0 Å².